The molecule has 0 saturated carbocycles. The zero-order valence-corrected chi connectivity index (χ0v) is 13.7. The molecule has 5 nitrogen and oxygen atoms in total. The summed E-state index contributed by atoms with van der Waals surface area (Å²) in [6.07, 6.45) is 7.46. The third-order valence-corrected chi connectivity index (χ3v) is 4.16. The van der Waals surface area contributed by atoms with Crippen molar-refractivity contribution >= 4 is 11.6 Å². The number of hydrogen-bond donors (Lipinski definition) is 2. The average molecular weight is 291 g/mol. The predicted octanol–water partition coefficient (Wildman–Crippen LogP) is 2.76. The van der Waals surface area contributed by atoms with Crippen LogP contribution in [0.1, 0.15) is 45.1 Å². The third-order valence-electron chi connectivity index (χ3n) is 4.16. The minimum Gasteiger partial charge on any atom is -0.370 e. The summed E-state index contributed by atoms with van der Waals surface area (Å²) in [5.74, 6) is 2.00. The normalized spacial score (nSPS) is 18.9. The van der Waals surface area contributed by atoms with Crippen molar-refractivity contribution in [1.82, 2.24) is 14.9 Å². The molecule has 0 bridgehead atoms. The van der Waals surface area contributed by atoms with Gasteiger partial charge in [0.25, 0.3) is 0 Å². The lowest BCUT2D eigenvalue weighted by Gasteiger charge is -2.21. The fourth-order valence-electron chi connectivity index (χ4n) is 2.90. The average Bonchev–Trinajstić information content (AvgIpc) is 2.90. The monoisotopic (exact) mass is 291 g/mol. The van der Waals surface area contributed by atoms with Gasteiger partial charge in [-0.1, -0.05) is 20.3 Å². The van der Waals surface area contributed by atoms with Gasteiger partial charge in [0.1, 0.15) is 18.0 Å². The molecule has 0 aromatic carbocycles. The molecule has 21 heavy (non-hydrogen) atoms. The SMILES string of the molecule is CCCNc1ncnc(NCC2CCCN2C)c1CCC. The first-order valence-electron chi connectivity index (χ1n) is 8.28. The summed E-state index contributed by atoms with van der Waals surface area (Å²) in [4.78, 5) is 11.3. The molecule has 1 aromatic rings. The van der Waals surface area contributed by atoms with Crippen LogP contribution in [0.3, 0.4) is 0 Å². The number of aromatic nitrogens is 2. The Hall–Kier alpha value is -1.36. The zero-order chi connectivity index (χ0) is 15.1. The Morgan fingerprint density at radius 3 is 2.57 bits per heavy atom. The number of nitrogens with one attached hydrogen (secondary N) is 2. The number of nitrogens with zero attached hydrogens (tertiary/aromatic N) is 3. The van der Waals surface area contributed by atoms with Crippen molar-refractivity contribution in [3.8, 4) is 0 Å². The highest BCUT2D eigenvalue weighted by molar-refractivity contribution is 5.57. The van der Waals surface area contributed by atoms with E-state index in [2.05, 4.69) is 46.4 Å². The van der Waals surface area contributed by atoms with Crippen molar-refractivity contribution in [2.45, 2.75) is 52.0 Å². The first kappa shape index (κ1) is 16.0. The molecule has 1 atom stereocenters. The van der Waals surface area contributed by atoms with Crippen LogP contribution >= 0.6 is 0 Å². The van der Waals surface area contributed by atoms with E-state index in [1.165, 1.54) is 24.9 Å². The Morgan fingerprint density at radius 1 is 1.19 bits per heavy atom. The molecule has 118 valence electrons. The van der Waals surface area contributed by atoms with Gasteiger partial charge in [-0.15, -0.1) is 0 Å². The smallest absolute Gasteiger partial charge is 0.134 e. The summed E-state index contributed by atoms with van der Waals surface area (Å²) < 4.78 is 0. The van der Waals surface area contributed by atoms with Crippen molar-refractivity contribution < 1.29 is 0 Å². The second kappa shape index (κ2) is 8.17. The maximum atomic E-state index is 4.47. The van der Waals surface area contributed by atoms with Crippen LogP contribution in [-0.2, 0) is 6.42 Å². The lowest BCUT2D eigenvalue weighted by atomic mass is 10.1. The van der Waals surface area contributed by atoms with E-state index in [-0.39, 0.29) is 0 Å². The number of hydrogen-bond acceptors (Lipinski definition) is 5. The quantitative estimate of drug-likeness (QED) is 0.771. The molecule has 1 aliphatic heterocycles. The van der Waals surface area contributed by atoms with Gasteiger partial charge in [0.2, 0.25) is 0 Å². The van der Waals surface area contributed by atoms with Gasteiger partial charge >= 0.3 is 0 Å². The van der Waals surface area contributed by atoms with E-state index in [0.29, 0.717) is 6.04 Å². The predicted molar refractivity (Wildman–Crippen MR) is 88.9 cm³/mol. The fourth-order valence-corrected chi connectivity index (χ4v) is 2.90. The van der Waals surface area contributed by atoms with Gasteiger partial charge in [-0.05, 0) is 39.3 Å². The van der Waals surface area contributed by atoms with E-state index in [1.54, 1.807) is 6.33 Å². The maximum Gasteiger partial charge on any atom is 0.134 e. The Labute approximate surface area is 128 Å². The second-order valence-corrected chi connectivity index (χ2v) is 5.88. The van der Waals surface area contributed by atoms with Crippen molar-refractivity contribution in [2.24, 2.45) is 0 Å². The zero-order valence-electron chi connectivity index (χ0n) is 13.7. The Kier molecular flexibility index (Phi) is 6.23. The molecule has 0 spiro atoms. The van der Waals surface area contributed by atoms with Gasteiger partial charge in [-0.25, -0.2) is 9.97 Å². The fraction of sp³-hybridized carbons (Fsp3) is 0.750. The lowest BCUT2D eigenvalue weighted by Crippen LogP contribution is -2.32. The van der Waals surface area contributed by atoms with Gasteiger partial charge in [0, 0.05) is 24.7 Å². The minimum atomic E-state index is 0.626. The topological polar surface area (TPSA) is 53.1 Å². The van der Waals surface area contributed by atoms with Crippen LogP contribution in [0.2, 0.25) is 0 Å². The van der Waals surface area contributed by atoms with Gasteiger partial charge in [-0.2, -0.15) is 0 Å². The molecular weight excluding hydrogens is 262 g/mol. The van der Waals surface area contributed by atoms with Crippen molar-refractivity contribution in [3.05, 3.63) is 11.9 Å². The largest absolute Gasteiger partial charge is 0.370 e. The van der Waals surface area contributed by atoms with E-state index in [1.807, 2.05) is 0 Å². The second-order valence-electron chi connectivity index (χ2n) is 5.88. The summed E-state index contributed by atoms with van der Waals surface area (Å²) in [5, 5.41) is 6.98. The van der Waals surface area contributed by atoms with Crippen LogP contribution in [0.25, 0.3) is 0 Å². The summed E-state index contributed by atoms with van der Waals surface area (Å²) >= 11 is 0. The highest BCUT2D eigenvalue weighted by atomic mass is 15.2. The number of rotatable bonds is 8. The summed E-state index contributed by atoms with van der Waals surface area (Å²) in [6, 6.07) is 0.626. The molecule has 5 heteroatoms. The van der Waals surface area contributed by atoms with Crippen molar-refractivity contribution in [1.29, 1.82) is 0 Å². The van der Waals surface area contributed by atoms with E-state index in [9.17, 15) is 0 Å². The van der Waals surface area contributed by atoms with E-state index in [4.69, 9.17) is 0 Å². The van der Waals surface area contributed by atoms with E-state index in [0.717, 1.165) is 44.0 Å². The molecule has 2 heterocycles. The molecule has 1 saturated heterocycles. The Bertz CT molecular complexity index is 435. The first-order chi connectivity index (χ1) is 10.3. The van der Waals surface area contributed by atoms with Gasteiger partial charge < -0.3 is 15.5 Å². The summed E-state index contributed by atoms with van der Waals surface area (Å²) in [7, 11) is 2.21. The maximum absolute atomic E-state index is 4.47. The molecule has 0 aliphatic carbocycles. The van der Waals surface area contributed by atoms with E-state index >= 15 is 0 Å². The highest BCUT2D eigenvalue weighted by Gasteiger charge is 2.21. The van der Waals surface area contributed by atoms with Gasteiger partial charge in [-0.3, -0.25) is 0 Å². The summed E-state index contributed by atoms with van der Waals surface area (Å²) in [6.45, 7) is 7.51. The van der Waals surface area contributed by atoms with Crippen LogP contribution < -0.4 is 10.6 Å². The van der Waals surface area contributed by atoms with Crippen LogP contribution in [-0.4, -0.2) is 47.6 Å². The molecule has 2 N–H and O–H groups in total. The molecule has 1 fully saturated rings. The number of likely N-dealkylation sites (tertiary alicyclic amines) is 1. The van der Waals surface area contributed by atoms with Gasteiger partial charge in [0.15, 0.2) is 0 Å². The third kappa shape index (κ3) is 4.30. The lowest BCUT2D eigenvalue weighted by molar-refractivity contribution is 0.322. The van der Waals surface area contributed by atoms with Crippen molar-refractivity contribution in [3.63, 3.8) is 0 Å². The molecule has 0 amide bonds. The first-order valence-corrected chi connectivity index (χ1v) is 8.28. The minimum absolute atomic E-state index is 0.626. The van der Waals surface area contributed by atoms with Crippen LogP contribution in [0.15, 0.2) is 6.33 Å². The molecule has 1 aromatic heterocycles. The molecular formula is C16H29N5. The molecule has 1 unspecified atom stereocenters. The summed E-state index contributed by atoms with van der Waals surface area (Å²) in [5.41, 5.74) is 1.23. The highest BCUT2D eigenvalue weighted by Crippen LogP contribution is 2.23. The van der Waals surface area contributed by atoms with Crippen molar-refractivity contribution in [2.75, 3.05) is 37.3 Å². The Balaban J connectivity index is 2.05. The molecule has 2 rings (SSSR count). The van der Waals surface area contributed by atoms with Gasteiger partial charge in [0.05, 0.1) is 0 Å². The Morgan fingerprint density at radius 2 is 1.95 bits per heavy atom. The number of anilines is 2. The molecule has 0 radical (unpaired) electrons. The number of likely N-dealkylation sites (N-methyl/N-ethyl adjacent to an activating group) is 1. The van der Waals surface area contributed by atoms with Crippen LogP contribution in [0, 0.1) is 0 Å². The van der Waals surface area contributed by atoms with E-state index < -0.39 is 0 Å². The molecule has 1 aliphatic rings. The van der Waals surface area contributed by atoms with Crippen LogP contribution in [0.5, 0.6) is 0 Å². The standard InChI is InChI=1S/C16H29N5/c1-4-7-14-15(17-9-5-2)19-12-20-16(14)18-11-13-8-6-10-21(13)3/h12-13H,4-11H2,1-3H3,(H2,17,18,19,20). The van der Waals surface area contributed by atoms with Crippen LogP contribution in [0.4, 0.5) is 11.6 Å².